The maximum atomic E-state index is 13.4. The molecule has 1 aromatic heterocycles. The minimum absolute atomic E-state index is 0.00183. The number of halogens is 1. The Kier molecular flexibility index (Phi) is 3.28. The van der Waals surface area contributed by atoms with Crippen molar-refractivity contribution in [3.8, 4) is 5.75 Å². The molecule has 0 atom stereocenters. The number of rotatable bonds is 4. The number of nitro groups is 1. The maximum absolute atomic E-state index is 13.4. The van der Waals surface area contributed by atoms with E-state index in [-0.39, 0.29) is 17.1 Å². The third-order valence-electron chi connectivity index (χ3n) is 2.41. The average molecular weight is 265 g/mol. The normalized spacial score (nSPS) is 10.2. The lowest BCUT2D eigenvalue weighted by Gasteiger charge is -2.03. The van der Waals surface area contributed by atoms with Crippen molar-refractivity contribution in [2.45, 2.75) is 0 Å². The van der Waals surface area contributed by atoms with Gasteiger partial charge in [0.05, 0.1) is 13.2 Å². The van der Waals surface area contributed by atoms with Crippen LogP contribution in [0.15, 0.2) is 34.7 Å². The summed E-state index contributed by atoms with van der Waals surface area (Å²) < 4.78 is 22.9. The van der Waals surface area contributed by atoms with Gasteiger partial charge in [0, 0.05) is 5.56 Å². The van der Waals surface area contributed by atoms with Gasteiger partial charge in [0.1, 0.15) is 4.92 Å². The topological polar surface area (TPSA) is 82.6 Å². The van der Waals surface area contributed by atoms with Crippen LogP contribution in [0.4, 0.5) is 10.3 Å². The molecule has 0 aliphatic carbocycles. The number of carbonyl (C=O) groups excluding carboxylic acids is 1. The van der Waals surface area contributed by atoms with Crippen molar-refractivity contribution >= 4 is 11.7 Å². The Bertz CT molecular complexity index is 649. The highest BCUT2D eigenvalue weighted by Crippen LogP contribution is 2.22. The summed E-state index contributed by atoms with van der Waals surface area (Å²) in [7, 11) is 1.30. The number of furan rings is 1. The standard InChI is InChI=1S/C12H8FNO5/c1-18-9-3-2-7(6-8(9)13)12(15)10-4-5-11(19-10)14(16)17/h2-6H,1H3. The van der Waals surface area contributed by atoms with E-state index in [2.05, 4.69) is 0 Å². The number of benzene rings is 1. The van der Waals surface area contributed by atoms with Crippen LogP contribution in [0.1, 0.15) is 16.1 Å². The number of hydrogen-bond acceptors (Lipinski definition) is 5. The van der Waals surface area contributed by atoms with Gasteiger partial charge >= 0.3 is 5.88 Å². The molecule has 1 aromatic carbocycles. The second-order valence-corrected chi connectivity index (χ2v) is 3.57. The third-order valence-corrected chi connectivity index (χ3v) is 2.41. The molecule has 0 saturated carbocycles. The van der Waals surface area contributed by atoms with Gasteiger partial charge in [-0.2, -0.15) is 0 Å². The van der Waals surface area contributed by atoms with Gasteiger partial charge in [-0.3, -0.25) is 14.9 Å². The van der Waals surface area contributed by atoms with Gasteiger partial charge in [-0.1, -0.05) is 0 Å². The lowest BCUT2D eigenvalue weighted by molar-refractivity contribution is -0.402. The summed E-state index contributed by atoms with van der Waals surface area (Å²) in [4.78, 5) is 21.6. The van der Waals surface area contributed by atoms with E-state index >= 15 is 0 Å². The molecule has 2 rings (SSSR count). The van der Waals surface area contributed by atoms with E-state index in [0.717, 1.165) is 12.1 Å². The van der Waals surface area contributed by atoms with Gasteiger partial charge < -0.3 is 9.15 Å². The van der Waals surface area contributed by atoms with Crippen LogP contribution in [0.5, 0.6) is 5.75 Å². The van der Waals surface area contributed by atoms with Crippen molar-refractivity contribution in [1.82, 2.24) is 0 Å². The van der Waals surface area contributed by atoms with Crippen LogP contribution in [0, 0.1) is 15.9 Å². The second kappa shape index (κ2) is 4.89. The molecule has 0 fully saturated rings. The molecule has 6 nitrogen and oxygen atoms in total. The van der Waals surface area contributed by atoms with Gasteiger partial charge in [0.25, 0.3) is 0 Å². The van der Waals surface area contributed by atoms with Gasteiger partial charge in [-0.15, -0.1) is 0 Å². The first-order valence-electron chi connectivity index (χ1n) is 5.15. The summed E-state index contributed by atoms with van der Waals surface area (Å²) in [5.41, 5.74) is 0.0162. The largest absolute Gasteiger partial charge is 0.494 e. The molecule has 0 N–H and O–H groups in total. The van der Waals surface area contributed by atoms with E-state index in [1.165, 1.54) is 25.3 Å². The number of hydrogen-bond donors (Lipinski definition) is 0. The van der Waals surface area contributed by atoms with E-state index in [9.17, 15) is 19.3 Å². The summed E-state index contributed by atoms with van der Waals surface area (Å²) >= 11 is 0. The summed E-state index contributed by atoms with van der Waals surface area (Å²) in [6.45, 7) is 0. The Balaban J connectivity index is 2.33. The summed E-state index contributed by atoms with van der Waals surface area (Å²) in [6.07, 6.45) is 0. The summed E-state index contributed by atoms with van der Waals surface area (Å²) in [5.74, 6) is -2.11. The zero-order chi connectivity index (χ0) is 14.0. The molecule has 1 heterocycles. The monoisotopic (exact) mass is 265 g/mol. The summed E-state index contributed by atoms with van der Waals surface area (Å²) in [6, 6.07) is 5.85. The Hall–Kier alpha value is -2.70. The SMILES string of the molecule is COc1ccc(C(=O)c2ccc([N+](=O)[O-])o2)cc1F. The maximum Gasteiger partial charge on any atom is 0.433 e. The lowest BCUT2D eigenvalue weighted by atomic mass is 10.1. The van der Waals surface area contributed by atoms with Crippen molar-refractivity contribution in [3.05, 3.63) is 57.6 Å². The predicted molar refractivity (Wildman–Crippen MR) is 61.7 cm³/mol. The highest BCUT2D eigenvalue weighted by atomic mass is 19.1. The number of carbonyl (C=O) groups is 1. The molecule has 0 amide bonds. The molecular weight excluding hydrogens is 257 g/mol. The van der Waals surface area contributed by atoms with Crippen LogP contribution in [-0.2, 0) is 0 Å². The van der Waals surface area contributed by atoms with E-state index in [1.54, 1.807) is 0 Å². The zero-order valence-corrected chi connectivity index (χ0v) is 9.75. The van der Waals surface area contributed by atoms with E-state index < -0.39 is 22.4 Å². The Morgan fingerprint density at radius 2 is 2.11 bits per heavy atom. The summed E-state index contributed by atoms with van der Waals surface area (Å²) in [5, 5.41) is 10.4. The van der Waals surface area contributed by atoms with Crippen LogP contribution in [0.2, 0.25) is 0 Å². The molecule has 0 aliphatic rings. The fourth-order valence-electron chi connectivity index (χ4n) is 1.50. The second-order valence-electron chi connectivity index (χ2n) is 3.57. The van der Waals surface area contributed by atoms with Gasteiger partial charge in [-0.25, -0.2) is 4.39 Å². The van der Waals surface area contributed by atoms with Crippen molar-refractivity contribution in [1.29, 1.82) is 0 Å². The Morgan fingerprint density at radius 1 is 1.37 bits per heavy atom. The molecule has 2 aromatic rings. The molecule has 0 spiro atoms. The first-order chi connectivity index (χ1) is 9.02. The molecular formula is C12H8FNO5. The van der Waals surface area contributed by atoms with E-state index in [4.69, 9.17) is 9.15 Å². The number of ketones is 1. The van der Waals surface area contributed by atoms with Crippen LogP contribution in [-0.4, -0.2) is 17.8 Å². The molecule has 0 bridgehead atoms. The molecule has 0 aliphatic heterocycles. The van der Waals surface area contributed by atoms with Gasteiger partial charge in [0.2, 0.25) is 5.78 Å². The first-order valence-corrected chi connectivity index (χ1v) is 5.15. The number of ether oxygens (including phenoxy) is 1. The fraction of sp³-hybridized carbons (Fsp3) is 0.0833. The van der Waals surface area contributed by atoms with Crippen LogP contribution in [0.25, 0.3) is 0 Å². The minimum atomic E-state index is -0.759. The van der Waals surface area contributed by atoms with Crippen LogP contribution < -0.4 is 4.74 Å². The van der Waals surface area contributed by atoms with Crippen LogP contribution in [0.3, 0.4) is 0 Å². The van der Waals surface area contributed by atoms with Crippen molar-refractivity contribution in [2.75, 3.05) is 7.11 Å². The van der Waals surface area contributed by atoms with Gasteiger partial charge in [-0.05, 0) is 24.3 Å². The Labute approximate surface area is 106 Å². The molecule has 19 heavy (non-hydrogen) atoms. The van der Waals surface area contributed by atoms with Gasteiger partial charge in [0.15, 0.2) is 17.3 Å². The molecule has 0 unspecified atom stereocenters. The Morgan fingerprint density at radius 3 is 2.63 bits per heavy atom. The lowest BCUT2D eigenvalue weighted by Crippen LogP contribution is -2.01. The number of methoxy groups -OCH3 is 1. The van der Waals surface area contributed by atoms with Crippen molar-refractivity contribution in [2.24, 2.45) is 0 Å². The zero-order valence-electron chi connectivity index (χ0n) is 9.75. The molecule has 0 radical (unpaired) electrons. The highest BCUT2D eigenvalue weighted by Gasteiger charge is 2.19. The number of nitrogens with zero attached hydrogens (tertiary/aromatic N) is 1. The molecule has 7 heteroatoms. The van der Waals surface area contributed by atoms with E-state index in [1.807, 2.05) is 0 Å². The quantitative estimate of drug-likeness (QED) is 0.482. The van der Waals surface area contributed by atoms with Crippen molar-refractivity contribution < 1.29 is 23.3 Å². The van der Waals surface area contributed by atoms with E-state index in [0.29, 0.717) is 0 Å². The van der Waals surface area contributed by atoms with Crippen LogP contribution >= 0.6 is 0 Å². The molecule has 0 saturated heterocycles. The van der Waals surface area contributed by atoms with Crippen molar-refractivity contribution in [3.63, 3.8) is 0 Å². The average Bonchev–Trinajstić information content (AvgIpc) is 2.87. The third kappa shape index (κ3) is 2.44. The smallest absolute Gasteiger partial charge is 0.433 e. The molecule has 98 valence electrons. The predicted octanol–water partition coefficient (Wildman–Crippen LogP) is 2.57. The highest BCUT2D eigenvalue weighted by molar-refractivity contribution is 6.07. The first kappa shape index (κ1) is 12.7. The fourth-order valence-corrected chi connectivity index (χ4v) is 1.50. The minimum Gasteiger partial charge on any atom is -0.494 e.